The second-order valence-corrected chi connectivity index (χ2v) is 10.8. The number of benzene rings is 2. The molecular formula is C28H37N2O6P. The summed E-state index contributed by atoms with van der Waals surface area (Å²) in [6, 6.07) is 12.3. The summed E-state index contributed by atoms with van der Waals surface area (Å²) in [4.78, 5) is 12.7. The SMILES string of the molecule is COc1c(C)c2c(c(OCc3ccccc3)c1CCOP(OCCC#N)N(C(C)C)C(C)C)C(=O)OC2. The topological polar surface area (TPSA) is 90.3 Å². The molecule has 1 atom stereocenters. The number of hydrogen-bond donors (Lipinski definition) is 0. The molecular weight excluding hydrogens is 491 g/mol. The van der Waals surface area contributed by atoms with Gasteiger partial charge in [0.1, 0.15) is 30.3 Å². The first-order chi connectivity index (χ1) is 17.8. The van der Waals surface area contributed by atoms with E-state index < -0.39 is 8.53 Å². The van der Waals surface area contributed by atoms with E-state index in [0.29, 0.717) is 49.7 Å². The Bertz CT molecular complexity index is 1090. The van der Waals surface area contributed by atoms with Crippen LogP contribution in [0.4, 0.5) is 0 Å². The summed E-state index contributed by atoms with van der Waals surface area (Å²) in [6.07, 6.45) is 0.739. The zero-order valence-electron chi connectivity index (χ0n) is 22.6. The second-order valence-electron chi connectivity index (χ2n) is 9.30. The number of ether oxygens (including phenoxy) is 3. The molecule has 0 amide bonds. The van der Waals surface area contributed by atoms with Crippen LogP contribution in [0.5, 0.6) is 11.5 Å². The van der Waals surface area contributed by atoms with Gasteiger partial charge >= 0.3 is 5.97 Å². The molecule has 0 N–H and O–H groups in total. The van der Waals surface area contributed by atoms with Crippen molar-refractivity contribution in [3.05, 3.63) is 58.1 Å². The Labute approximate surface area is 221 Å². The van der Waals surface area contributed by atoms with Gasteiger partial charge in [0.2, 0.25) is 0 Å². The van der Waals surface area contributed by atoms with E-state index in [2.05, 4.69) is 38.4 Å². The molecule has 1 heterocycles. The maximum absolute atomic E-state index is 12.7. The fraction of sp³-hybridized carbons (Fsp3) is 0.500. The lowest BCUT2D eigenvalue weighted by molar-refractivity contribution is 0.0531. The number of rotatable bonds is 14. The third kappa shape index (κ3) is 7.00. The molecule has 0 saturated heterocycles. The van der Waals surface area contributed by atoms with E-state index in [-0.39, 0.29) is 24.7 Å². The lowest BCUT2D eigenvalue weighted by Gasteiger charge is -2.35. The Kier molecular flexibility index (Phi) is 10.7. The molecule has 200 valence electrons. The highest BCUT2D eigenvalue weighted by atomic mass is 31.2. The van der Waals surface area contributed by atoms with Gasteiger partial charge in [0.05, 0.1) is 32.8 Å². The standard InChI is InChI=1S/C28H37N2O6P/c1-19(2)30(20(3)4)37(35-15-10-14-29)36-16-13-23-26(32-6)21(5)24-18-34-28(31)25(24)27(23)33-17-22-11-8-7-9-12-22/h7-9,11-12,19-20H,10,13,15-18H2,1-6H3. The van der Waals surface area contributed by atoms with Crippen LogP contribution in [0, 0.1) is 18.3 Å². The van der Waals surface area contributed by atoms with Crippen molar-refractivity contribution in [2.75, 3.05) is 20.3 Å². The van der Waals surface area contributed by atoms with Crippen LogP contribution in [0.2, 0.25) is 0 Å². The van der Waals surface area contributed by atoms with Crippen molar-refractivity contribution in [3.63, 3.8) is 0 Å². The Morgan fingerprint density at radius 2 is 1.76 bits per heavy atom. The van der Waals surface area contributed by atoms with Gasteiger partial charge in [-0.1, -0.05) is 30.3 Å². The second kappa shape index (κ2) is 13.7. The first kappa shape index (κ1) is 28.9. The number of esters is 1. The average molecular weight is 529 g/mol. The van der Waals surface area contributed by atoms with Gasteiger partial charge in [-0.15, -0.1) is 0 Å². The number of fused-ring (bicyclic) bond motifs is 1. The summed E-state index contributed by atoms with van der Waals surface area (Å²) >= 11 is 0. The van der Waals surface area contributed by atoms with Crippen molar-refractivity contribution in [2.24, 2.45) is 0 Å². The first-order valence-electron chi connectivity index (χ1n) is 12.6. The highest BCUT2D eigenvalue weighted by Crippen LogP contribution is 2.47. The van der Waals surface area contributed by atoms with Crippen LogP contribution in [0.15, 0.2) is 30.3 Å². The zero-order chi connectivity index (χ0) is 26.9. The van der Waals surface area contributed by atoms with Crippen LogP contribution < -0.4 is 9.47 Å². The normalized spacial score (nSPS) is 13.6. The molecule has 0 aromatic heterocycles. The van der Waals surface area contributed by atoms with Crippen LogP contribution in [0.25, 0.3) is 0 Å². The van der Waals surface area contributed by atoms with Gasteiger partial charge in [-0.3, -0.25) is 0 Å². The fourth-order valence-electron chi connectivity index (χ4n) is 4.48. The molecule has 0 aliphatic carbocycles. The molecule has 0 spiro atoms. The van der Waals surface area contributed by atoms with E-state index >= 15 is 0 Å². The van der Waals surface area contributed by atoms with Gasteiger partial charge in [0, 0.05) is 29.6 Å². The predicted molar refractivity (Wildman–Crippen MR) is 142 cm³/mol. The molecule has 1 unspecified atom stereocenters. The van der Waals surface area contributed by atoms with E-state index in [1.807, 2.05) is 37.3 Å². The number of carbonyl (C=O) groups excluding carboxylic acids is 1. The molecule has 9 heteroatoms. The summed E-state index contributed by atoms with van der Waals surface area (Å²) in [5.41, 5.74) is 3.87. The number of nitrogens with zero attached hydrogens (tertiary/aromatic N) is 2. The predicted octanol–water partition coefficient (Wildman–Crippen LogP) is 6.09. The van der Waals surface area contributed by atoms with Gasteiger partial charge < -0.3 is 23.3 Å². The first-order valence-corrected chi connectivity index (χ1v) is 13.7. The van der Waals surface area contributed by atoms with E-state index in [9.17, 15) is 4.79 Å². The number of cyclic esters (lactones) is 1. The number of methoxy groups -OCH3 is 1. The molecule has 37 heavy (non-hydrogen) atoms. The van der Waals surface area contributed by atoms with Crippen molar-refractivity contribution < 1.29 is 28.1 Å². The molecule has 0 fully saturated rings. The monoisotopic (exact) mass is 528 g/mol. The van der Waals surface area contributed by atoms with Crippen LogP contribution in [0.3, 0.4) is 0 Å². The minimum Gasteiger partial charge on any atom is -0.496 e. The molecule has 3 rings (SSSR count). The van der Waals surface area contributed by atoms with E-state index in [4.69, 9.17) is 28.5 Å². The molecule has 0 saturated carbocycles. The molecule has 0 radical (unpaired) electrons. The van der Waals surface area contributed by atoms with Crippen LogP contribution >= 0.6 is 8.53 Å². The van der Waals surface area contributed by atoms with Crippen molar-refractivity contribution in [2.45, 2.75) is 72.8 Å². The lowest BCUT2D eigenvalue weighted by atomic mass is 9.95. The van der Waals surface area contributed by atoms with E-state index in [0.717, 1.165) is 22.3 Å². The van der Waals surface area contributed by atoms with E-state index in [1.54, 1.807) is 7.11 Å². The molecule has 1 aliphatic rings. The van der Waals surface area contributed by atoms with Crippen molar-refractivity contribution >= 4 is 14.5 Å². The van der Waals surface area contributed by atoms with Crippen LogP contribution in [0.1, 0.15) is 66.7 Å². The Hall–Kier alpha value is -2.69. The highest BCUT2D eigenvalue weighted by Gasteiger charge is 2.34. The molecule has 1 aliphatic heterocycles. The molecule has 8 nitrogen and oxygen atoms in total. The average Bonchev–Trinajstić information content (AvgIpc) is 3.25. The third-order valence-corrected chi connectivity index (χ3v) is 8.18. The highest BCUT2D eigenvalue weighted by molar-refractivity contribution is 7.44. The van der Waals surface area contributed by atoms with Crippen molar-refractivity contribution in [1.29, 1.82) is 5.26 Å². The lowest BCUT2D eigenvalue weighted by Crippen LogP contribution is -2.33. The Morgan fingerprint density at radius 3 is 2.38 bits per heavy atom. The van der Waals surface area contributed by atoms with Crippen LogP contribution in [-0.4, -0.2) is 43.0 Å². The minimum absolute atomic E-state index is 0.199. The summed E-state index contributed by atoms with van der Waals surface area (Å²) in [7, 11) is 0.229. The van der Waals surface area contributed by atoms with Gasteiger partial charge in [0.15, 0.2) is 0 Å². The Balaban J connectivity index is 1.90. The van der Waals surface area contributed by atoms with Crippen molar-refractivity contribution in [1.82, 2.24) is 4.67 Å². The quantitative estimate of drug-likeness (QED) is 0.165. The number of carbonyl (C=O) groups is 1. The van der Waals surface area contributed by atoms with Gasteiger partial charge in [-0.25, -0.2) is 9.46 Å². The fourth-order valence-corrected chi connectivity index (χ4v) is 6.07. The molecule has 2 aromatic carbocycles. The maximum atomic E-state index is 12.7. The van der Waals surface area contributed by atoms with Crippen LogP contribution in [-0.2, 0) is 33.4 Å². The maximum Gasteiger partial charge on any atom is 0.342 e. The van der Waals surface area contributed by atoms with E-state index in [1.165, 1.54) is 0 Å². The third-order valence-electron chi connectivity index (χ3n) is 6.07. The smallest absolute Gasteiger partial charge is 0.342 e. The van der Waals surface area contributed by atoms with Crippen molar-refractivity contribution in [3.8, 4) is 17.6 Å². The minimum atomic E-state index is -1.39. The zero-order valence-corrected chi connectivity index (χ0v) is 23.5. The summed E-state index contributed by atoms with van der Waals surface area (Å²) in [6.45, 7) is 11.4. The summed E-state index contributed by atoms with van der Waals surface area (Å²) in [5, 5.41) is 8.96. The Morgan fingerprint density at radius 1 is 1.08 bits per heavy atom. The summed E-state index contributed by atoms with van der Waals surface area (Å²) < 4.78 is 32.0. The number of hydrogen-bond acceptors (Lipinski definition) is 8. The summed E-state index contributed by atoms with van der Waals surface area (Å²) in [5.74, 6) is 0.758. The largest absolute Gasteiger partial charge is 0.496 e. The molecule has 2 aromatic rings. The van der Waals surface area contributed by atoms with Gasteiger partial charge in [-0.2, -0.15) is 5.26 Å². The van der Waals surface area contributed by atoms with Gasteiger partial charge in [-0.05, 0) is 45.7 Å². The molecule has 0 bridgehead atoms. The number of nitriles is 1. The van der Waals surface area contributed by atoms with Gasteiger partial charge in [0.25, 0.3) is 8.53 Å².